The van der Waals surface area contributed by atoms with E-state index in [1.165, 1.54) is 0 Å². The van der Waals surface area contributed by atoms with Gasteiger partial charge in [-0.2, -0.15) is 0 Å². The molecule has 0 spiro atoms. The van der Waals surface area contributed by atoms with Crippen molar-refractivity contribution in [2.75, 3.05) is 12.5 Å². The Morgan fingerprint density at radius 1 is 1.23 bits per heavy atom. The molecule has 1 aromatic heterocycles. The van der Waals surface area contributed by atoms with E-state index in [-0.39, 0.29) is 19.3 Å². The summed E-state index contributed by atoms with van der Waals surface area (Å²) in [5.41, 5.74) is 7.56. The molecule has 0 fully saturated rings. The molecular formula is C15H19N5O2. The van der Waals surface area contributed by atoms with Gasteiger partial charge in [-0.3, -0.25) is 0 Å². The van der Waals surface area contributed by atoms with Crippen molar-refractivity contribution in [1.29, 1.82) is 0 Å². The van der Waals surface area contributed by atoms with Gasteiger partial charge in [-0.25, -0.2) is 14.8 Å². The van der Waals surface area contributed by atoms with Gasteiger partial charge in [0.15, 0.2) is 6.73 Å². The van der Waals surface area contributed by atoms with Crippen LogP contribution in [0.25, 0.3) is 0 Å². The summed E-state index contributed by atoms with van der Waals surface area (Å²) < 4.78 is 5.40. The maximum atomic E-state index is 11.7. The molecule has 4 N–H and O–H groups in total. The molecule has 2 rings (SSSR count). The van der Waals surface area contributed by atoms with E-state index in [0.717, 1.165) is 5.56 Å². The molecule has 116 valence electrons. The van der Waals surface area contributed by atoms with Crippen molar-refractivity contribution in [1.82, 2.24) is 20.6 Å². The predicted octanol–water partition coefficient (Wildman–Crippen LogP) is 1.51. The van der Waals surface area contributed by atoms with Gasteiger partial charge in [0.1, 0.15) is 17.4 Å². The van der Waals surface area contributed by atoms with Gasteiger partial charge in [0.05, 0.1) is 0 Å². The second-order valence-electron chi connectivity index (χ2n) is 4.79. The van der Waals surface area contributed by atoms with E-state index in [1.807, 2.05) is 31.2 Å². The van der Waals surface area contributed by atoms with E-state index in [0.29, 0.717) is 23.0 Å². The van der Waals surface area contributed by atoms with E-state index in [1.54, 1.807) is 13.1 Å². The van der Waals surface area contributed by atoms with Crippen molar-refractivity contribution in [3.8, 4) is 5.75 Å². The highest BCUT2D eigenvalue weighted by atomic mass is 16.5. The summed E-state index contributed by atoms with van der Waals surface area (Å²) in [5, 5.41) is 5.26. The Morgan fingerprint density at radius 2 is 1.95 bits per heavy atom. The van der Waals surface area contributed by atoms with Crippen LogP contribution in [0.5, 0.6) is 5.75 Å². The number of hydrogen-bond acceptors (Lipinski definition) is 5. The normalized spacial score (nSPS) is 10.1. The van der Waals surface area contributed by atoms with Crippen molar-refractivity contribution in [3.05, 3.63) is 47.4 Å². The van der Waals surface area contributed by atoms with Crippen molar-refractivity contribution in [3.63, 3.8) is 0 Å². The fraction of sp³-hybridized carbons (Fsp3) is 0.267. The summed E-state index contributed by atoms with van der Waals surface area (Å²) in [6, 6.07) is 7.22. The summed E-state index contributed by atoms with van der Waals surface area (Å²) in [5.74, 6) is 1.66. The number of urea groups is 1. The highest BCUT2D eigenvalue weighted by Gasteiger charge is 2.05. The van der Waals surface area contributed by atoms with Gasteiger partial charge in [0, 0.05) is 18.3 Å². The highest BCUT2D eigenvalue weighted by Crippen LogP contribution is 2.10. The molecule has 0 unspecified atom stereocenters. The molecule has 2 aromatic rings. The molecule has 0 saturated carbocycles. The van der Waals surface area contributed by atoms with Crippen LogP contribution in [0.2, 0.25) is 0 Å². The third-order valence-corrected chi connectivity index (χ3v) is 2.95. The lowest BCUT2D eigenvalue weighted by Crippen LogP contribution is -2.37. The Balaban J connectivity index is 1.72. The number of nitrogens with zero attached hydrogens (tertiary/aromatic N) is 2. The molecule has 7 nitrogen and oxygen atoms in total. The summed E-state index contributed by atoms with van der Waals surface area (Å²) in [6.07, 6.45) is 1.60. The molecule has 1 aromatic carbocycles. The van der Waals surface area contributed by atoms with Gasteiger partial charge < -0.3 is 21.1 Å². The Morgan fingerprint density at radius 3 is 2.64 bits per heavy atom. The second kappa shape index (κ2) is 7.26. The standard InChI is InChI=1S/C15H19N5O2/c1-10-3-5-13(6-4-10)22-9-19-15(21)18-8-12-7-17-11(2)20-14(12)16/h3-7H,8-9H2,1-2H3,(H2,16,17,20)(H2,18,19,21). The van der Waals surface area contributed by atoms with Crippen LogP contribution >= 0.6 is 0 Å². The zero-order valence-electron chi connectivity index (χ0n) is 12.6. The van der Waals surface area contributed by atoms with E-state index in [2.05, 4.69) is 20.6 Å². The lowest BCUT2D eigenvalue weighted by Gasteiger charge is -2.10. The van der Waals surface area contributed by atoms with Crippen molar-refractivity contribution in [2.24, 2.45) is 0 Å². The minimum atomic E-state index is -0.355. The number of anilines is 1. The number of aryl methyl sites for hydroxylation is 2. The first kappa shape index (κ1) is 15.6. The molecule has 22 heavy (non-hydrogen) atoms. The smallest absolute Gasteiger partial charge is 0.317 e. The van der Waals surface area contributed by atoms with Gasteiger partial charge in [-0.15, -0.1) is 0 Å². The average molecular weight is 301 g/mol. The number of nitrogens with one attached hydrogen (secondary N) is 2. The number of nitrogen functional groups attached to an aromatic ring is 1. The highest BCUT2D eigenvalue weighted by molar-refractivity contribution is 5.73. The molecule has 0 bridgehead atoms. The largest absolute Gasteiger partial charge is 0.473 e. The van der Waals surface area contributed by atoms with E-state index in [9.17, 15) is 4.79 Å². The van der Waals surface area contributed by atoms with Gasteiger partial charge in [0.2, 0.25) is 0 Å². The summed E-state index contributed by atoms with van der Waals surface area (Å²) in [7, 11) is 0. The van der Waals surface area contributed by atoms with Gasteiger partial charge >= 0.3 is 6.03 Å². The number of carbonyl (C=O) groups is 1. The van der Waals surface area contributed by atoms with E-state index < -0.39 is 0 Å². The Kier molecular flexibility index (Phi) is 5.13. The fourth-order valence-corrected chi connectivity index (χ4v) is 1.71. The SMILES string of the molecule is Cc1ccc(OCNC(=O)NCc2cnc(C)nc2N)cc1. The number of carbonyl (C=O) groups excluding carboxylic acids is 1. The molecule has 1 heterocycles. The monoisotopic (exact) mass is 301 g/mol. The minimum Gasteiger partial charge on any atom is -0.473 e. The second-order valence-corrected chi connectivity index (χ2v) is 4.79. The van der Waals surface area contributed by atoms with Crippen LogP contribution in [0, 0.1) is 13.8 Å². The van der Waals surface area contributed by atoms with E-state index in [4.69, 9.17) is 10.5 Å². The fourth-order valence-electron chi connectivity index (χ4n) is 1.71. The third kappa shape index (κ3) is 4.62. The lowest BCUT2D eigenvalue weighted by molar-refractivity contribution is 0.223. The zero-order valence-corrected chi connectivity index (χ0v) is 12.6. The lowest BCUT2D eigenvalue weighted by atomic mass is 10.2. The van der Waals surface area contributed by atoms with Crippen LogP contribution in [0.4, 0.5) is 10.6 Å². The molecule has 7 heteroatoms. The number of ether oxygens (including phenoxy) is 1. The zero-order chi connectivity index (χ0) is 15.9. The molecule has 0 radical (unpaired) electrons. The van der Waals surface area contributed by atoms with Crippen LogP contribution in [0.1, 0.15) is 17.0 Å². The molecule has 0 aliphatic carbocycles. The van der Waals surface area contributed by atoms with Gasteiger partial charge in [0.25, 0.3) is 0 Å². The van der Waals surface area contributed by atoms with Crippen LogP contribution in [-0.2, 0) is 6.54 Å². The maximum Gasteiger partial charge on any atom is 0.317 e. The van der Waals surface area contributed by atoms with Gasteiger partial charge in [-0.1, -0.05) is 17.7 Å². The molecule has 0 atom stereocenters. The molecule has 0 aliphatic heterocycles. The topological polar surface area (TPSA) is 102 Å². The van der Waals surface area contributed by atoms with Crippen LogP contribution in [0.3, 0.4) is 0 Å². The van der Waals surface area contributed by atoms with Crippen LogP contribution < -0.4 is 21.1 Å². The van der Waals surface area contributed by atoms with Crippen molar-refractivity contribution < 1.29 is 9.53 Å². The molecular weight excluding hydrogens is 282 g/mol. The number of benzene rings is 1. The van der Waals surface area contributed by atoms with Crippen molar-refractivity contribution >= 4 is 11.8 Å². The first-order valence-corrected chi connectivity index (χ1v) is 6.84. The number of aromatic nitrogens is 2. The number of nitrogens with two attached hydrogens (primary N) is 1. The van der Waals surface area contributed by atoms with E-state index >= 15 is 0 Å². The molecule has 0 saturated heterocycles. The first-order valence-electron chi connectivity index (χ1n) is 6.84. The summed E-state index contributed by atoms with van der Waals surface area (Å²) >= 11 is 0. The quantitative estimate of drug-likeness (QED) is 0.727. The number of amides is 2. The van der Waals surface area contributed by atoms with Crippen LogP contribution in [0.15, 0.2) is 30.5 Å². The summed E-state index contributed by atoms with van der Waals surface area (Å²) in [6.45, 7) is 4.08. The Bertz CT molecular complexity index is 643. The maximum absolute atomic E-state index is 11.7. The first-order chi connectivity index (χ1) is 10.5. The third-order valence-electron chi connectivity index (χ3n) is 2.95. The minimum absolute atomic E-state index is 0.0781. The Labute approximate surface area is 128 Å². The average Bonchev–Trinajstić information content (AvgIpc) is 2.48. The molecule has 0 aliphatic rings. The number of rotatable bonds is 5. The van der Waals surface area contributed by atoms with Crippen molar-refractivity contribution in [2.45, 2.75) is 20.4 Å². The summed E-state index contributed by atoms with van der Waals surface area (Å²) in [4.78, 5) is 19.7. The van der Waals surface area contributed by atoms with Gasteiger partial charge in [-0.05, 0) is 26.0 Å². The molecule has 2 amide bonds. The Hall–Kier alpha value is -2.83. The van der Waals surface area contributed by atoms with Crippen LogP contribution in [-0.4, -0.2) is 22.7 Å². The predicted molar refractivity (Wildman–Crippen MR) is 83.2 cm³/mol. The number of hydrogen-bond donors (Lipinski definition) is 3.